The molecule has 9 heteroatoms. The zero-order chi connectivity index (χ0) is 25.2. The second kappa shape index (κ2) is 13.0. The molecule has 35 heavy (non-hydrogen) atoms. The predicted molar refractivity (Wildman–Crippen MR) is 137 cm³/mol. The third-order valence-electron chi connectivity index (χ3n) is 6.02. The average Bonchev–Trinajstić information content (AvgIpc) is 3.27. The average molecular weight is 499 g/mol. The molecule has 3 rings (SSSR count). The van der Waals surface area contributed by atoms with E-state index in [1.54, 1.807) is 37.5 Å². The number of benzene rings is 1. The molecule has 2 N–H and O–H groups in total. The Balaban J connectivity index is 1.76. The van der Waals surface area contributed by atoms with E-state index in [-0.39, 0.29) is 43.1 Å². The predicted octanol–water partition coefficient (Wildman–Crippen LogP) is 4.38. The van der Waals surface area contributed by atoms with Gasteiger partial charge in [-0.1, -0.05) is 37.5 Å². The van der Waals surface area contributed by atoms with Crippen molar-refractivity contribution in [2.24, 2.45) is 0 Å². The van der Waals surface area contributed by atoms with Gasteiger partial charge in [0.25, 0.3) is 0 Å². The molecule has 8 nitrogen and oxygen atoms in total. The quantitative estimate of drug-likeness (QED) is 0.448. The van der Waals surface area contributed by atoms with Gasteiger partial charge in [0.15, 0.2) is 5.13 Å². The largest absolute Gasteiger partial charge is 0.497 e. The minimum Gasteiger partial charge on any atom is -0.497 e. The maximum absolute atomic E-state index is 13.5. The van der Waals surface area contributed by atoms with E-state index < -0.39 is 6.04 Å². The number of thiazole rings is 1. The third kappa shape index (κ3) is 7.65. The Morgan fingerprint density at radius 3 is 2.51 bits per heavy atom. The van der Waals surface area contributed by atoms with Crippen molar-refractivity contribution in [1.82, 2.24) is 15.2 Å². The van der Waals surface area contributed by atoms with E-state index in [4.69, 9.17) is 4.74 Å². The Bertz CT molecular complexity index is 1010. The van der Waals surface area contributed by atoms with E-state index in [9.17, 15) is 14.4 Å². The van der Waals surface area contributed by atoms with Crippen LogP contribution in [0.2, 0.25) is 0 Å². The van der Waals surface area contributed by atoms with Gasteiger partial charge in [-0.15, -0.1) is 17.9 Å². The molecule has 0 bridgehead atoms. The van der Waals surface area contributed by atoms with E-state index in [1.807, 2.05) is 12.3 Å². The van der Waals surface area contributed by atoms with Crippen molar-refractivity contribution < 1.29 is 19.1 Å². The second-order valence-electron chi connectivity index (χ2n) is 8.70. The van der Waals surface area contributed by atoms with Gasteiger partial charge in [0.05, 0.1) is 12.8 Å². The van der Waals surface area contributed by atoms with Crippen molar-refractivity contribution in [1.29, 1.82) is 0 Å². The number of aryl methyl sites for hydroxylation is 1. The number of amides is 3. The molecular weight excluding hydrogens is 464 g/mol. The summed E-state index contributed by atoms with van der Waals surface area (Å²) in [6.45, 7) is 5.81. The number of carbonyl (C=O) groups is 3. The Hall–Kier alpha value is -3.20. The molecule has 3 amide bonds. The van der Waals surface area contributed by atoms with Crippen molar-refractivity contribution in [2.75, 3.05) is 19.0 Å². The number of nitrogens with one attached hydrogen (secondary N) is 2. The summed E-state index contributed by atoms with van der Waals surface area (Å²) >= 11 is 1.34. The highest BCUT2D eigenvalue weighted by Gasteiger charge is 2.32. The highest BCUT2D eigenvalue weighted by molar-refractivity contribution is 7.13. The Morgan fingerprint density at radius 1 is 1.20 bits per heavy atom. The number of methoxy groups -OCH3 is 1. The second-order valence-corrected chi connectivity index (χ2v) is 9.55. The molecule has 0 spiro atoms. The number of anilines is 1. The number of hydrogen-bond acceptors (Lipinski definition) is 6. The Labute approximate surface area is 210 Å². The summed E-state index contributed by atoms with van der Waals surface area (Å²) < 4.78 is 5.26. The maximum Gasteiger partial charge on any atom is 0.247 e. The van der Waals surface area contributed by atoms with Crippen LogP contribution in [0.25, 0.3) is 0 Å². The van der Waals surface area contributed by atoms with Gasteiger partial charge in [0.1, 0.15) is 11.8 Å². The minimum atomic E-state index is -0.835. The molecule has 1 heterocycles. The first-order valence-electron chi connectivity index (χ1n) is 12.0. The zero-order valence-corrected chi connectivity index (χ0v) is 21.2. The van der Waals surface area contributed by atoms with Gasteiger partial charge < -0.3 is 20.3 Å². The summed E-state index contributed by atoms with van der Waals surface area (Å²) in [6.07, 6.45) is 6.78. The number of hydrogen-bond donors (Lipinski definition) is 2. The zero-order valence-electron chi connectivity index (χ0n) is 20.4. The van der Waals surface area contributed by atoms with Crippen LogP contribution in [0.1, 0.15) is 62.2 Å². The van der Waals surface area contributed by atoms with Gasteiger partial charge in [-0.05, 0) is 37.5 Å². The van der Waals surface area contributed by atoms with Crippen molar-refractivity contribution in [3.8, 4) is 5.75 Å². The molecule has 1 aliphatic rings. The minimum absolute atomic E-state index is 0.00925. The molecule has 0 radical (unpaired) electrons. The van der Waals surface area contributed by atoms with Crippen LogP contribution in [0.3, 0.4) is 0 Å². The molecule has 1 fully saturated rings. The number of ether oxygens (including phenoxy) is 1. The highest BCUT2D eigenvalue weighted by Crippen LogP contribution is 2.26. The monoisotopic (exact) mass is 498 g/mol. The van der Waals surface area contributed by atoms with E-state index in [2.05, 4.69) is 22.2 Å². The molecule has 1 atom stereocenters. The standard InChI is InChI=1S/C26H34N4O4S/c1-4-16-30(23(32)15-14-22(31)29-26-27-18(2)17-35-26)24(19-10-12-21(34-3)13-11-19)25(33)28-20-8-6-5-7-9-20/h4,10-13,17,20,24H,1,5-9,14-16H2,2-3H3,(H,28,33)(H,27,29,31). The number of aromatic nitrogens is 1. The maximum atomic E-state index is 13.5. The van der Waals surface area contributed by atoms with Crippen LogP contribution in [-0.4, -0.2) is 47.3 Å². The lowest BCUT2D eigenvalue weighted by Gasteiger charge is -2.33. The van der Waals surface area contributed by atoms with Crippen molar-refractivity contribution in [3.63, 3.8) is 0 Å². The van der Waals surface area contributed by atoms with E-state index >= 15 is 0 Å². The smallest absolute Gasteiger partial charge is 0.247 e. The molecule has 1 unspecified atom stereocenters. The van der Waals surface area contributed by atoms with Crippen LogP contribution < -0.4 is 15.4 Å². The van der Waals surface area contributed by atoms with Crippen LogP contribution in [-0.2, 0) is 14.4 Å². The molecule has 1 saturated carbocycles. The van der Waals surface area contributed by atoms with Crippen molar-refractivity contribution >= 4 is 34.2 Å². The Morgan fingerprint density at radius 2 is 1.91 bits per heavy atom. The van der Waals surface area contributed by atoms with E-state index in [0.717, 1.165) is 31.4 Å². The van der Waals surface area contributed by atoms with Gasteiger partial charge in [-0.25, -0.2) is 4.98 Å². The van der Waals surface area contributed by atoms with E-state index in [1.165, 1.54) is 22.7 Å². The molecule has 0 aliphatic heterocycles. The molecular formula is C26H34N4O4S. The molecule has 1 aromatic heterocycles. The first kappa shape index (κ1) is 26.4. The highest BCUT2D eigenvalue weighted by atomic mass is 32.1. The fourth-order valence-corrected chi connectivity index (χ4v) is 4.94. The molecule has 1 aromatic carbocycles. The molecule has 0 saturated heterocycles. The number of carbonyl (C=O) groups excluding carboxylic acids is 3. The molecule has 1 aliphatic carbocycles. The topological polar surface area (TPSA) is 101 Å². The summed E-state index contributed by atoms with van der Waals surface area (Å²) in [5.41, 5.74) is 1.50. The number of nitrogens with zero attached hydrogens (tertiary/aromatic N) is 2. The number of rotatable bonds is 11. The SMILES string of the molecule is C=CCN(C(=O)CCC(=O)Nc1nc(C)cs1)C(C(=O)NC1CCCCC1)c1ccc(OC)cc1. The van der Waals surface area contributed by atoms with Crippen LogP contribution in [0.5, 0.6) is 5.75 Å². The van der Waals surface area contributed by atoms with Gasteiger partial charge in [0.2, 0.25) is 17.7 Å². The summed E-state index contributed by atoms with van der Waals surface area (Å²) in [5.74, 6) is -0.148. The molecule has 188 valence electrons. The fourth-order valence-electron chi connectivity index (χ4n) is 4.23. The van der Waals surface area contributed by atoms with Gasteiger partial charge in [-0.2, -0.15) is 0 Å². The first-order valence-corrected chi connectivity index (χ1v) is 12.9. The van der Waals surface area contributed by atoms with Gasteiger partial charge in [-0.3, -0.25) is 14.4 Å². The van der Waals surface area contributed by atoms with Crippen LogP contribution >= 0.6 is 11.3 Å². The van der Waals surface area contributed by atoms with Crippen molar-refractivity contribution in [3.05, 3.63) is 53.6 Å². The summed E-state index contributed by atoms with van der Waals surface area (Å²) in [6, 6.07) is 6.41. The van der Waals surface area contributed by atoms with Crippen molar-refractivity contribution in [2.45, 2.75) is 64.0 Å². The normalized spacial score (nSPS) is 14.6. The lowest BCUT2D eigenvalue weighted by molar-refractivity contribution is -0.141. The summed E-state index contributed by atoms with van der Waals surface area (Å²) in [7, 11) is 1.58. The first-order chi connectivity index (χ1) is 16.9. The fraction of sp³-hybridized carbons (Fsp3) is 0.462. The lowest BCUT2D eigenvalue weighted by atomic mass is 9.94. The third-order valence-corrected chi connectivity index (χ3v) is 6.90. The summed E-state index contributed by atoms with van der Waals surface area (Å²) in [5, 5.41) is 8.23. The van der Waals surface area contributed by atoms with E-state index in [0.29, 0.717) is 16.4 Å². The van der Waals surface area contributed by atoms with Crippen LogP contribution in [0.4, 0.5) is 5.13 Å². The van der Waals surface area contributed by atoms with Crippen LogP contribution in [0, 0.1) is 6.92 Å². The van der Waals surface area contributed by atoms with Gasteiger partial charge >= 0.3 is 0 Å². The molecule has 2 aromatic rings. The van der Waals surface area contributed by atoms with Crippen LogP contribution in [0.15, 0.2) is 42.3 Å². The Kier molecular flexibility index (Phi) is 9.84. The van der Waals surface area contributed by atoms with Gasteiger partial charge in [0, 0.05) is 30.8 Å². The summed E-state index contributed by atoms with van der Waals surface area (Å²) in [4.78, 5) is 44.9. The lowest BCUT2D eigenvalue weighted by Crippen LogP contribution is -2.47.